The van der Waals surface area contributed by atoms with E-state index in [0.29, 0.717) is 12.0 Å². The van der Waals surface area contributed by atoms with Crippen molar-refractivity contribution in [2.24, 2.45) is 5.41 Å². The Balaban J connectivity index is 1.90. The van der Waals surface area contributed by atoms with Gasteiger partial charge in [-0.15, -0.1) is 0 Å². The molecule has 2 aliphatic heterocycles. The highest BCUT2D eigenvalue weighted by molar-refractivity contribution is 5.78. The van der Waals surface area contributed by atoms with Crippen LogP contribution in [-0.4, -0.2) is 50.7 Å². The van der Waals surface area contributed by atoms with Crippen LogP contribution in [0.1, 0.15) is 12.8 Å². The van der Waals surface area contributed by atoms with Crippen LogP contribution in [0.4, 0.5) is 0 Å². The van der Waals surface area contributed by atoms with Gasteiger partial charge in [0.05, 0.1) is 13.2 Å². The lowest BCUT2D eigenvalue weighted by atomic mass is 9.87. The summed E-state index contributed by atoms with van der Waals surface area (Å²) < 4.78 is 5.42. The Bertz CT molecular complexity index is 224. The predicted molar refractivity (Wildman–Crippen MR) is 53.0 cm³/mol. The van der Waals surface area contributed by atoms with Gasteiger partial charge in [0.15, 0.2) is 0 Å². The topological polar surface area (TPSA) is 41.6 Å². The molecule has 1 atom stereocenters. The smallest absolute Gasteiger partial charge is 0.236 e. The molecule has 0 radical (unpaired) electrons. The van der Waals surface area contributed by atoms with Gasteiger partial charge in [0.2, 0.25) is 5.91 Å². The predicted octanol–water partition coefficient (Wildman–Crippen LogP) is -0.155. The maximum absolute atomic E-state index is 11.6. The first-order chi connectivity index (χ1) is 6.76. The van der Waals surface area contributed by atoms with E-state index in [1.165, 1.54) is 0 Å². The van der Waals surface area contributed by atoms with Crippen molar-refractivity contribution >= 4 is 5.91 Å². The molecule has 2 heterocycles. The third kappa shape index (κ3) is 1.77. The van der Waals surface area contributed by atoms with Crippen LogP contribution in [0.5, 0.6) is 0 Å². The number of carbonyl (C=O) groups excluding carboxylic acids is 1. The van der Waals surface area contributed by atoms with E-state index in [1.807, 2.05) is 11.9 Å². The van der Waals surface area contributed by atoms with E-state index >= 15 is 0 Å². The Kier molecular flexibility index (Phi) is 2.74. The fourth-order valence-corrected chi connectivity index (χ4v) is 2.38. The third-order valence-electron chi connectivity index (χ3n) is 3.30. The molecule has 2 rings (SSSR count). The zero-order chi connectivity index (χ0) is 10.0. The van der Waals surface area contributed by atoms with E-state index in [-0.39, 0.29) is 5.91 Å². The first-order valence-corrected chi connectivity index (χ1v) is 5.26. The average molecular weight is 198 g/mol. The quantitative estimate of drug-likeness (QED) is 0.670. The number of nitrogens with zero attached hydrogens (tertiary/aromatic N) is 1. The Morgan fingerprint density at radius 2 is 2.43 bits per heavy atom. The van der Waals surface area contributed by atoms with Crippen LogP contribution in [0.25, 0.3) is 0 Å². The summed E-state index contributed by atoms with van der Waals surface area (Å²) in [5, 5.41) is 2.90. The van der Waals surface area contributed by atoms with E-state index in [2.05, 4.69) is 5.32 Å². The summed E-state index contributed by atoms with van der Waals surface area (Å²) in [5.74, 6) is 0.219. The molecule has 2 fully saturated rings. The molecule has 1 amide bonds. The van der Waals surface area contributed by atoms with Crippen molar-refractivity contribution < 1.29 is 9.53 Å². The van der Waals surface area contributed by atoms with E-state index in [9.17, 15) is 4.79 Å². The molecule has 4 nitrogen and oxygen atoms in total. The largest absolute Gasteiger partial charge is 0.381 e. The number of ether oxygens (including phenoxy) is 1. The fraction of sp³-hybridized carbons (Fsp3) is 0.900. The Morgan fingerprint density at radius 1 is 1.57 bits per heavy atom. The number of hydrogen-bond acceptors (Lipinski definition) is 3. The van der Waals surface area contributed by atoms with Gasteiger partial charge in [-0.25, -0.2) is 0 Å². The molecule has 0 aromatic rings. The second-order valence-corrected chi connectivity index (χ2v) is 4.40. The summed E-state index contributed by atoms with van der Waals surface area (Å²) in [6, 6.07) is 0. The van der Waals surface area contributed by atoms with Crippen molar-refractivity contribution in [3.05, 3.63) is 0 Å². The normalized spacial score (nSPS) is 31.6. The molecule has 1 spiro atoms. The highest BCUT2D eigenvalue weighted by Gasteiger charge is 2.42. The summed E-state index contributed by atoms with van der Waals surface area (Å²) in [4.78, 5) is 13.6. The standard InChI is InChI=1S/C10H18N2O2/c1-11-6-9(13)12-4-2-10(7-12)3-5-14-8-10/h11H,2-8H2,1H3. The molecule has 0 bridgehead atoms. The number of likely N-dealkylation sites (tertiary alicyclic amines) is 1. The molecule has 2 aliphatic rings. The van der Waals surface area contributed by atoms with Gasteiger partial charge in [0, 0.05) is 25.1 Å². The molecular weight excluding hydrogens is 180 g/mol. The van der Waals surface area contributed by atoms with Gasteiger partial charge >= 0.3 is 0 Å². The second kappa shape index (κ2) is 3.87. The van der Waals surface area contributed by atoms with Crippen LogP contribution >= 0.6 is 0 Å². The van der Waals surface area contributed by atoms with Gasteiger partial charge < -0.3 is 15.0 Å². The first-order valence-electron chi connectivity index (χ1n) is 5.26. The first kappa shape index (κ1) is 9.93. The minimum atomic E-state index is 0.219. The van der Waals surface area contributed by atoms with Gasteiger partial charge in [0.25, 0.3) is 0 Å². The number of hydrogen-bond donors (Lipinski definition) is 1. The van der Waals surface area contributed by atoms with E-state index in [1.54, 1.807) is 0 Å². The number of likely N-dealkylation sites (N-methyl/N-ethyl adjacent to an activating group) is 1. The minimum absolute atomic E-state index is 0.219. The second-order valence-electron chi connectivity index (χ2n) is 4.40. The van der Waals surface area contributed by atoms with Crippen molar-refractivity contribution in [3.63, 3.8) is 0 Å². The molecule has 1 unspecified atom stereocenters. The lowest BCUT2D eigenvalue weighted by Crippen LogP contribution is -2.37. The maximum Gasteiger partial charge on any atom is 0.236 e. The lowest BCUT2D eigenvalue weighted by molar-refractivity contribution is -0.129. The van der Waals surface area contributed by atoms with Crippen LogP contribution in [0.15, 0.2) is 0 Å². The maximum atomic E-state index is 11.6. The number of carbonyl (C=O) groups is 1. The highest BCUT2D eigenvalue weighted by atomic mass is 16.5. The van der Waals surface area contributed by atoms with E-state index in [4.69, 9.17) is 4.74 Å². The van der Waals surface area contributed by atoms with E-state index in [0.717, 1.165) is 39.1 Å². The molecule has 0 saturated carbocycles. The summed E-state index contributed by atoms with van der Waals surface area (Å²) in [7, 11) is 1.81. The summed E-state index contributed by atoms with van der Waals surface area (Å²) in [6.45, 7) is 3.97. The van der Waals surface area contributed by atoms with E-state index < -0.39 is 0 Å². The highest BCUT2D eigenvalue weighted by Crippen LogP contribution is 2.37. The molecule has 80 valence electrons. The number of nitrogens with one attached hydrogen (secondary N) is 1. The van der Waals surface area contributed by atoms with Crippen LogP contribution in [-0.2, 0) is 9.53 Å². The van der Waals surface area contributed by atoms with Crippen LogP contribution in [0.2, 0.25) is 0 Å². The molecule has 0 aromatic heterocycles. The Hall–Kier alpha value is -0.610. The molecular formula is C10H18N2O2. The average Bonchev–Trinajstić information content (AvgIpc) is 2.78. The summed E-state index contributed by atoms with van der Waals surface area (Å²) in [6.07, 6.45) is 2.23. The Morgan fingerprint density at radius 3 is 3.07 bits per heavy atom. The van der Waals surface area contributed by atoms with Crippen molar-refractivity contribution in [3.8, 4) is 0 Å². The lowest BCUT2D eigenvalue weighted by Gasteiger charge is -2.21. The third-order valence-corrected chi connectivity index (χ3v) is 3.30. The van der Waals surface area contributed by atoms with Crippen LogP contribution in [0.3, 0.4) is 0 Å². The summed E-state index contributed by atoms with van der Waals surface area (Å²) >= 11 is 0. The Labute approximate surface area is 84.6 Å². The molecule has 0 aliphatic carbocycles. The van der Waals surface area contributed by atoms with Crippen molar-refractivity contribution in [2.75, 3.05) is 39.9 Å². The van der Waals surface area contributed by atoms with Crippen LogP contribution < -0.4 is 5.32 Å². The zero-order valence-corrected chi connectivity index (χ0v) is 8.71. The van der Waals surface area contributed by atoms with Gasteiger partial charge in [-0.3, -0.25) is 4.79 Å². The molecule has 2 saturated heterocycles. The van der Waals surface area contributed by atoms with Gasteiger partial charge in [0.1, 0.15) is 0 Å². The molecule has 4 heteroatoms. The minimum Gasteiger partial charge on any atom is -0.381 e. The number of rotatable bonds is 2. The van der Waals surface area contributed by atoms with Crippen molar-refractivity contribution in [1.82, 2.24) is 10.2 Å². The van der Waals surface area contributed by atoms with Crippen LogP contribution in [0, 0.1) is 5.41 Å². The van der Waals surface area contributed by atoms with Gasteiger partial charge in [-0.1, -0.05) is 0 Å². The zero-order valence-electron chi connectivity index (χ0n) is 8.71. The van der Waals surface area contributed by atoms with Crippen molar-refractivity contribution in [2.45, 2.75) is 12.8 Å². The summed E-state index contributed by atoms with van der Waals surface area (Å²) in [5.41, 5.74) is 0.295. The number of amides is 1. The van der Waals surface area contributed by atoms with Crippen molar-refractivity contribution in [1.29, 1.82) is 0 Å². The SMILES string of the molecule is CNCC(=O)N1CCC2(CCOC2)C1. The van der Waals surface area contributed by atoms with Gasteiger partial charge in [-0.05, 0) is 19.9 Å². The fourth-order valence-electron chi connectivity index (χ4n) is 2.38. The molecule has 0 aromatic carbocycles. The van der Waals surface area contributed by atoms with Gasteiger partial charge in [-0.2, -0.15) is 0 Å². The molecule has 14 heavy (non-hydrogen) atoms. The molecule has 1 N–H and O–H groups in total. The monoisotopic (exact) mass is 198 g/mol.